The van der Waals surface area contributed by atoms with E-state index in [0.717, 1.165) is 5.56 Å². The lowest BCUT2D eigenvalue weighted by atomic mass is 9.97. The van der Waals surface area contributed by atoms with Crippen LogP contribution in [0.15, 0.2) is 60.7 Å². The van der Waals surface area contributed by atoms with Crippen molar-refractivity contribution in [3.63, 3.8) is 0 Å². The normalized spacial score (nSPS) is 30.7. The molecule has 2 aromatic carbocycles. The predicted molar refractivity (Wildman–Crippen MR) is 102 cm³/mol. The van der Waals surface area contributed by atoms with Gasteiger partial charge in [-0.25, -0.2) is 4.79 Å². The number of aliphatic hydroxyl groups excluding tert-OH is 1. The lowest BCUT2D eigenvalue weighted by Gasteiger charge is -2.46. The maximum absolute atomic E-state index is 12.6. The molecule has 0 spiro atoms. The average Bonchev–Trinajstić information content (AvgIpc) is 2.77. The van der Waals surface area contributed by atoms with Crippen molar-refractivity contribution in [1.29, 1.82) is 0 Å². The fraction of sp³-hybridized carbons (Fsp3) is 0.364. The van der Waals surface area contributed by atoms with Crippen LogP contribution in [-0.4, -0.2) is 54.4 Å². The van der Waals surface area contributed by atoms with Gasteiger partial charge in [0.2, 0.25) is 6.29 Å². The number of aliphatic hydroxyl groups is 1. The molecule has 0 radical (unpaired) electrons. The smallest absolute Gasteiger partial charge is 0.338 e. The highest BCUT2D eigenvalue weighted by Gasteiger charge is 2.52. The van der Waals surface area contributed by atoms with Gasteiger partial charge in [0.1, 0.15) is 12.2 Å². The summed E-state index contributed by atoms with van der Waals surface area (Å²) >= 11 is 0. The second-order valence-corrected chi connectivity index (χ2v) is 7.06. The Kier molecular flexibility index (Phi) is 6.10. The van der Waals surface area contributed by atoms with Crippen molar-refractivity contribution in [2.45, 2.75) is 43.9 Å². The van der Waals surface area contributed by atoms with Gasteiger partial charge in [-0.15, -0.1) is 0 Å². The van der Waals surface area contributed by atoms with Crippen molar-refractivity contribution in [3.8, 4) is 0 Å². The number of carbonyl (C=O) groups excluding carboxylic acids is 2. The molecule has 0 bridgehead atoms. The molecule has 2 heterocycles. The van der Waals surface area contributed by atoms with Gasteiger partial charge in [-0.1, -0.05) is 48.5 Å². The molecule has 8 heteroatoms. The summed E-state index contributed by atoms with van der Waals surface area (Å²) in [5, 5.41) is 10.8. The van der Waals surface area contributed by atoms with Crippen LogP contribution in [0, 0.1) is 0 Å². The monoisotopic (exact) mass is 414 g/mol. The van der Waals surface area contributed by atoms with Gasteiger partial charge in [0.15, 0.2) is 18.5 Å². The third-order valence-electron chi connectivity index (χ3n) is 4.91. The summed E-state index contributed by atoms with van der Waals surface area (Å²) in [7, 11) is 0. The molecule has 2 aliphatic rings. The van der Waals surface area contributed by atoms with E-state index in [1.165, 1.54) is 6.92 Å². The van der Waals surface area contributed by atoms with Crippen LogP contribution in [0.3, 0.4) is 0 Å². The molecule has 2 saturated heterocycles. The summed E-state index contributed by atoms with van der Waals surface area (Å²) in [6.45, 7) is 1.31. The minimum atomic E-state index is -1.43. The quantitative estimate of drug-likeness (QED) is 0.758. The van der Waals surface area contributed by atoms with Crippen molar-refractivity contribution in [1.82, 2.24) is 0 Å². The van der Waals surface area contributed by atoms with E-state index >= 15 is 0 Å². The Labute approximate surface area is 173 Å². The van der Waals surface area contributed by atoms with E-state index in [9.17, 15) is 14.7 Å². The van der Waals surface area contributed by atoms with Gasteiger partial charge in [0.05, 0.1) is 12.2 Å². The van der Waals surface area contributed by atoms with Crippen molar-refractivity contribution in [2.75, 3.05) is 6.61 Å². The third kappa shape index (κ3) is 4.36. The number of carbonyl (C=O) groups is 2. The Morgan fingerprint density at radius 2 is 1.63 bits per heavy atom. The molecule has 1 N–H and O–H groups in total. The number of esters is 2. The van der Waals surface area contributed by atoms with Crippen LogP contribution in [0.25, 0.3) is 0 Å². The molecule has 0 aromatic heterocycles. The Balaban J connectivity index is 1.58. The van der Waals surface area contributed by atoms with Crippen LogP contribution in [0.1, 0.15) is 29.1 Å². The molecule has 4 rings (SSSR count). The van der Waals surface area contributed by atoms with E-state index in [1.54, 1.807) is 30.3 Å². The van der Waals surface area contributed by atoms with Crippen molar-refractivity contribution in [2.24, 2.45) is 0 Å². The lowest BCUT2D eigenvalue weighted by Crippen LogP contribution is -2.63. The average molecular weight is 414 g/mol. The van der Waals surface area contributed by atoms with Gasteiger partial charge in [0, 0.05) is 12.5 Å². The first-order chi connectivity index (χ1) is 14.5. The Hall–Kier alpha value is -2.78. The summed E-state index contributed by atoms with van der Waals surface area (Å²) < 4.78 is 28.1. The number of ether oxygens (including phenoxy) is 5. The molecular weight excluding hydrogens is 392 g/mol. The SMILES string of the molecule is CC(=O)OC1O[C@@H]2COC(c3ccccc3)O[C@H]2[C@H](OC(=O)c2ccccc2)[C@H]1O. The van der Waals surface area contributed by atoms with Crippen molar-refractivity contribution >= 4 is 11.9 Å². The predicted octanol–water partition coefficient (Wildman–Crippen LogP) is 1.98. The maximum atomic E-state index is 12.6. The fourth-order valence-electron chi connectivity index (χ4n) is 3.50. The molecular formula is C22H22O8. The van der Waals surface area contributed by atoms with Gasteiger partial charge < -0.3 is 28.8 Å². The first kappa shape index (κ1) is 20.5. The highest BCUT2D eigenvalue weighted by atomic mass is 16.8. The summed E-state index contributed by atoms with van der Waals surface area (Å²) in [5.74, 6) is -1.27. The lowest BCUT2D eigenvalue weighted by molar-refractivity contribution is -0.354. The fourth-order valence-corrected chi connectivity index (χ4v) is 3.50. The van der Waals surface area contributed by atoms with Gasteiger partial charge >= 0.3 is 11.9 Å². The number of hydrogen-bond acceptors (Lipinski definition) is 8. The topological polar surface area (TPSA) is 101 Å². The van der Waals surface area contributed by atoms with Gasteiger partial charge in [-0.2, -0.15) is 0 Å². The first-order valence-corrected chi connectivity index (χ1v) is 9.61. The van der Waals surface area contributed by atoms with Crippen LogP contribution >= 0.6 is 0 Å². The summed E-state index contributed by atoms with van der Waals surface area (Å²) in [5.41, 5.74) is 1.10. The molecule has 0 aliphatic carbocycles. The Morgan fingerprint density at radius 1 is 0.967 bits per heavy atom. The maximum Gasteiger partial charge on any atom is 0.338 e. The zero-order valence-electron chi connectivity index (χ0n) is 16.2. The van der Waals surface area contributed by atoms with Gasteiger partial charge in [0.25, 0.3) is 0 Å². The molecule has 8 nitrogen and oxygen atoms in total. The van der Waals surface area contributed by atoms with E-state index in [4.69, 9.17) is 23.7 Å². The third-order valence-corrected chi connectivity index (χ3v) is 4.91. The molecule has 2 fully saturated rings. The number of rotatable bonds is 4. The largest absolute Gasteiger partial charge is 0.453 e. The standard InChI is InChI=1S/C22H22O8/c1-13(23)27-22-17(24)19(29-20(25)14-8-4-2-5-9-14)18-16(28-22)12-26-21(30-18)15-10-6-3-7-11-15/h2-11,16-19,21-22,24H,12H2,1H3/t16-,17-,18-,19-,21?,22?/m1/s1. The van der Waals surface area contributed by atoms with Crippen LogP contribution in [0.5, 0.6) is 0 Å². The first-order valence-electron chi connectivity index (χ1n) is 9.61. The van der Waals surface area contributed by atoms with E-state index in [2.05, 4.69) is 0 Å². The summed E-state index contributed by atoms with van der Waals surface area (Å²) in [6, 6.07) is 17.7. The number of benzene rings is 2. The Morgan fingerprint density at radius 3 is 2.30 bits per heavy atom. The van der Waals surface area contributed by atoms with Crippen LogP contribution in [-0.2, 0) is 28.5 Å². The molecule has 30 heavy (non-hydrogen) atoms. The second-order valence-electron chi connectivity index (χ2n) is 7.06. The zero-order chi connectivity index (χ0) is 21.1. The second kappa shape index (κ2) is 8.93. The van der Waals surface area contributed by atoms with Crippen LogP contribution in [0.2, 0.25) is 0 Å². The molecule has 2 aliphatic heterocycles. The molecule has 0 saturated carbocycles. The van der Waals surface area contributed by atoms with E-state index in [-0.39, 0.29) is 6.61 Å². The van der Waals surface area contributed by atoms with Gasteiger partial charge in [-0.3, -0.25) is 4.79 Å². The zero-order valence-corrected chi connectivity index (χ0v) is 16.2. The van der Waals surface area contributed by atoms with E-state index in [1.807, 2.05) is 30.3 Å². The minimum absolute atomic E-state index is 0.105. The highest BCUT2D eigenvalue weighted by molar-refractivity contribution is 5.89. The minimum Gasteiger partial charge on any atom is -0.453 e. The van der Waals surface area contributed by atoms with Crippen molar-refractivity contribution < 1.29 is 38.4 Å². The van der Waals surface area contributed by atoms with Gasteiger partial charge in [-0.05, 0) is 12.1 Å². The van der Waals surface area contributed by atoms with Crippen LogP contribution in [0.4, 0.5) is 0 Å². The molecule has 158 valence electrons. The number of hydrogen-bond donors (Lipinski definition) is 1. The van der Waals surface area contributed by atoms with Crippen molar-refractivity contribution in [3.05, 3.63) is 71.8 Å². The van der Waals surface area contributed by atoms with E-state index in [0.29, 0.717) is 5.56 Å². The molecule has 6 atom stereocenters. The summed E-state index contributed by atoms with van der Waals surface area (Å²) in [4.78, 5) is 24.1. The summed E-state index contributed by atoms with van der Waals surface area (Å²) in [6.07, 6.45) is -6.11. The molecule has 0 amide bonds. The highest BCUT2D eigenvalue weighted by Crippen LogP contribution is 2.35. The molecule has 2 unspecified atom stereocenters. The molecule has 2 aromatic rings. The number of fused-ring (bicyclic) bond motifs is 1. The van der Waals surface area contributed by atoms with Crippen LogP contribution < -0.4 is 0 Å². The van der Waals surface area contributed by atoms with E-state index < -0.39 is 48.9 Å². The Bertz CT molecular complexity index is 871.